The zero-order valence-electron chi connectivity index (χ0n) is 10.7. The standard InChI is InChI=1S/C14H17BrF3N/c1-2-7-19-13(9-3-4-9)10-5-6-12(15)11(8-10)14(16,17)18/h5-6,8-9,13,19H,2-4,7H2,1H3. The minimum atomic E-state index is -4.31. The topological polar surface area (TPSA) is 12.0 Å². The van der Waals surface area contributed by atoms with Gasteiger partial charge in [-0.15, -0.1) is 0 Å². The van der Waals surface area contributed by atoms with Gasteiger partial charge in [-0.1, -0.05) is 28.9 Å². The molecule has 1 N–H and O–H groups in total. The number of hydrogen-bond donors (Lipinski definition) is 1. The zero-order valence-corrected chi connectivity index (χ0v) is 12.3. The predicted octanol–water partition coefficient (Wildman–Crippen LogP) is 4.92. The van der Waals surface area contributed by atoms with Crippen LogP contribution in [-0.2, 0) is 6.18 Å². The lowest BCUT2D eigenvalue weighted by molar-refractivity contribution is -0.138. The summed E-state index contributed by atoms with van der Waals surface area (Å²) < 4.78 is 38.8. The molecule has 0 amide bonds. The van der Waals surface area contributed by atoms with Gasteiger partial charge in [-0.25, -0.2) is 0 Å². The van der Waals surface area contributed by atoms with E-state index in [1.807, 2.05) is 0 Å². The molecule has 1 fully saturated rings. The molecular formula is C14H17BrF3N. The molecule has 106 valence electrons. The molecule has 1 unspecified atom stereocenters. The van der Waals surface area contributed by atoms with Crippen LogP contribution in [0.2, 0.25) is 0 Å². The summed E-state index contributed by atoms with van der Waals surface area (Å²) in [7, 11) is 0. The Balaban J connectivity index is 2.27. The van der Waals surface area contributed by atoms with Crippen LogP contribution in [0.15, 0.2) is 22.7 Å². The molecule has 0 aliphatic heterocycles. The van der Waals surface area contributed by atoms with E-state index in [1.165, 1.54) is 12.1 Å². The van der Waals surface area contributed by atoms with Gasteiger partial charge in [-0.3, -0.25) is 0 Å². The lowest BCUT2D eigenvalue weighted by Gasteiger charge is -2.20. The van der Waals surface area contributed by atoms with E-state index in [9.17, 15) is 13.2 Å². The van der Waals surface area contributed by atoms with Crippen LogP contribution in [0.3, 0.4) is 0 Å². The Morgan fingerprint density at radius 3 is 2.58 bits per heavy atom. The van der Waals surface area contributed by atoms with E-state index in [4.69, 9.17) is 0 Å². The Labute approximate surface area is 119 Å². The molecule has 0 heterocycles. The number of rotatable bonds is 5. The van der Waals surface area contributed by atoms with Crippen LogP contribution >= 0.6 is 15.9 Å². The SMILES string of the molecule is CCCNC(c1ccc(Br)c(C(F)(F)F)c1)C1CC1. The predicted molar refractivity (Wildman–Crippen MR) is 72.9 cm³/mol. The van der Waals surface area contributed by atoms with Gasteiger partial charge in [0.2, 0.25) is 0 Å². The Morgan fingerprint density at radius 2 is 2.05 bits per heavy atom. The zero-order chi connectivity index (χ0) is 14.0. The summed E-state index contributed by atoms with van der Waals surface area (Å²) in [6.45, 7) is 2.89. The van der Waals surface area contributed by atoms with Crippen LogP contribution in [0.1, 0.15) is 43.4 Å². The lowest BCUT2D eigenvalue weighted by atomic mass is 9.99. The fraction of sp³-hybridized carbons (Fsp3) is 0.571. The maximum Gasteiger partial charge on any atom is 0.417 e. The smallest absolute Gasteiger partial charge is 0.310 e. The van der Waals surface area contributed by atoms with Crippen molar-refractivity contribution in [2.45, 2.75) is 38.4 Å². The quantitative estimate of drug-likeness (QED) is 0.805. The molecule has 0 spiro atoms. The van der Waals surface area contributed by atoms with Crippen LogP contribution in [0, 0.1) is 5.92 Å². The van der Waals surface area contributed by atoms with E-state index in [0.717, 1.165) is 31.4 Å². The van der Waals surface area contributed by atoms with E-state index < -0.39 is 11.7 Å². The highest BCUT2D eigenvalue weighted by molar-refractivity contribution is 9.10. The van der Waals surface area contributed by atoms with Crippen LogP contribution in [0.25, 0.3) is 0 Å². The molecule has 1 nitrogen and oxygen atoms in total. The molecule has 1 atom stereocenters. The van der Waals surface area contributed by atoms with Gasteiger partial charge in [-0.05, 0) is 49.4 Å². The molecule has 1 aromatic rings. The summed E-state index contributed by atoms with van der Waals surface area (Å²) in [6, 6.07) is 4.61. The highest BCUT2D eigenvalue weighted by atomic mass is 79.9. The fourth-order valence-corrected chi connectivity index (χ4v) is 2.71. The van der Waals surface area contributed by atoms with Crippen LogP contribution in [0.5, 0.6) is 0 Å². The van der Waals surface area contributed by atoms with Crippen molar-refractivity contribution in [3.05, 3.63) is 33.8 Å². The normalized spacial score (nSPS) is 17.5. The Hall–Kier alpha value is -0.550. The molecule has 0 radical (unpaired) electrons. The fourth-order valence-electron chi connectivity index (χ4n) is 2.24. The third-order valence-electron chi connectivity index (χ3n) is 3.36. The van der Waals surface area contributed by atoms with Gasteiger partial charge < -0.3 is 5.32 Å². The van der Waals surface area contributed by atoms with Crippen molar-refractivity contribution in [2.75, 3.05) is 6.54 Å². The maximum absolute atomic E-state index is 12.9. The van der Waals surface area contributed by atoms with Crippen LogP contribution < -0.4 is 5.32 Å². The average Bonchev–Trinajstić information content (AvgIpc) is 3.14. The van der Waals surface area contributed by atoms with E-state index >= 15 is 0 Å². The van der Waals surface area contributed by atoms with Crippen LogP contribution in [-0.4, -0.2) is 6.54 Å². The summed E-state index contributed by atoms with van der Waals surface area (Å²) in [5, 5.41) is 3.36. The van der Waals surface area contributed by atoms with Gasteiger partial charge in [0, 0.05) is 10.5 Å². The van der Waals surface area contributed by atoms with E-state index in [-0.39, 0.29) is 10.5 Å². The largest absolute Gasteiger partial charge is 0.417 e. The second-order valence-electron chi connectivity index (χ2n) is 5.01. The highest BCUT2D eigenvalue weighted by Crippen LogP contribution is 2.43. The molecule has 1 saturated carbocycles. The Morgan fingerprint density at radius 1 is 1.37 bits per heavy atom. The van der Waals surface area contributed by atoms with E-state index in [1.54, 1.807) is 6.07 Å². The number of halogens is 4. The Kier molecular flexibility index (Phi) is 4.56. The van der Waals surface area contributed by atoms with Gasteiger partial charge in [0.15, 0.2) is 0 Å². The molecule has 0 aromatic heterocycles. The van der Waals surface area contributed by atoms with Gasteiger partial charge in [0.05, 0.1) is 5.56 Å². The molecule has 0 saturated heterocycles. The summed E-state index contributed by atoms with van der Waals surface area (Å²) in [6.07, 6.45) is -1.14. The van der Waals surface area contributed by atoms with E-state index in [0.29, 0.717) is 5.92 Å². The van der Waals surface area contributed by atoms with Crippen molar-refractivity contribution in [1.29, 1.82) is 0 Å². The van der Waals surface area contributed by atoms with Crippen molar-refractivity contribution in [2.24, 2.45) is 5.92 Å². The molecule has 0 bridgehead atoms. The third kappa shape index (κ3) is 3.72. The van der Waals surface area contributed by atoms with E-state index in [2.05, 4.69) is 28.2 Å². The summed E-state index contributed by atoms with van der Waals surface area (Å²) in [4.78, 5) is 0. The number of alkyl halides is 3. The monoisotopic (exact) mass is 335 g/mol. The number of benzene rings is 1. The van der Waals surface area contributed by atoms with Crippen molar-refractivity contribution >= 4 is 15.9 Å². The minimum absolute atomic E-state index is 0.0501. The van der Waals surface area contributed by atoms with Gasteiger partial charge in [-0.2, -0.15) is 13.2 Å². The third-order valence-corrected chi connectivity index (χ3v) is 4.05. The minimum Gasteiger partial charge on any atom is -0.310 e. The summed E-state index contributed by atoms with van der Waals surface area (Å²) >= 11 is 2.98. The summed E-state index contributed by atoms with van der Waals surface area (Å²) in [5.41, 5.74) is 0.153. The van der Waals surface area contributed by atoms with Crippen molar-refractivity contribution in [1.82, 2.24) is 5.32 Å². The van der Waals surface area contributed by atoms with Gasteiger partial charge in [0.1, 0.15) is 0 Å². The van der Waals surface area contributed by atoms with Gasteiger partial charge >= 0.3 is 6.18 Å². The van der Waals surface area contributed by atoms with Crippen molar-refractivity contribution in [3.8, 4) is 0 Å². The molecule has 1 aromatic carbocycles. The Bertz CT molecular complexity index is 441. The van der Waals surface area contributed by atoms with Crippen molar-refractivity contribution < 1.29 is 13.2 Å². The van der Waals surface area contributed by atoms with Crippen LogP contribution in [0.4, 0.5) is 13.2 Å². The van der Waals surface area contributed by atoms with Gasteiger partial charge in [0.25, 0.3) is 0 Å². The first-order valence-electron chi connectivity index (χ1n) is 6.53. The highest BCUT2D eigenvalue weighted by Gasteiger charge is 2.36. The molecule has 5 heteroatoms. The number of hydrogen-bond acceptors (Lipinski definition) is 1. The first-order valence-corrected chi connectivity index (χ1v) is 7.32. The average molecular weight is 336 g/mol. The first-order chi connectivity index (χ1) is 8.93. The van der Waals surface area contributed by atoms with Crippen molar-refractivity contribution in [3.63, 3.8) is 0 Å². The molecule has 2 rings (SSSR count). The second-order valence-corrected chi connectivity index (χ2v) is 5.86. The first kappa shape index (κ1) is 14.9. The second kappa shape index (κ2) is 5.83. The molecule has 1 aliphatic rings. The lowest BCUT2D eigenvalue weighted by Crippen LogP contribution is -2.24. The number of nitrogens with one attached hydrogen (secondary N) is 1. The summed E-state index contributed by atoms with van der Waals surface area (Å²) in [5.74, 6) is 0.480. The maximum atomic E-state index is 12.9. The molecule has 1 aliphatic carbocycles. The molecular weight excluding hydrogens is 319 g/mol. The molecule has 19 heavy (non-hydrogen) atoms.